The van der Waals surface area contributed by atoms with Crippen LogP contribution in [0.5, 0.6) is 0 Å². The summed E-state index contributed by atoms with van der Waals surface area (Å²) in [5, 5.41) is 3.44. The summed E-state index contributed by atoms with van der Waals surface area (Å²) in [6.07, 6.45) is 0.731. The molecule has 1 aromatic carbocycles. The highest BCUT2D eigenvalue weighted by Crippen LogP contribution is 2.21. The molecule has 0 aromatic heterocycles. The van der Waals surface area contributed by atoms with E-state index in [1.165, 1.54) is 19.2 Å². The van der Waals surface area contributed by atoms with Crippen LogP contribution in [0.4, 0.5) is 4.39 Å². The highest BCUT2D eigenvalue weighted by atomic mass is 35.5. The molecule has 1 fully saturated rings. The number of piperidine rings is 1. The molecule has 0 spiro atoms. The van der Waals surface area contributed by atoms with Gasteiger partial charge in [-0.15, -0.1) is 12.4 Å². The van der Waals surface area contributed by atoms with Crippen LogP contribution in [0.2, 0.25) is 5.02 Å². The second-order valence-electron chi connectivity index (χ2n) is 5.66. The molecular weight excluding hydrogens is 364 g/mol. The number of halogens is 3. The average Bonchev–Trinajstić information content (AvgIpc) is 2.45. The lowest BCUT2D eigenvalue weighted by atomic mass is 9.97. The summed E-state index contributed by atoms with van der Waals surface area (Å²) in [5.74, 6) is -0.307. The highest BCUT2D eigenvalue weighted by Gasteiger charge is 2.28. The molecule has 2 rings (SSSR count). The molecule has 0 bridgehead atoms. The Kier molecular flexibility index (Phi) is 7.70. The fourth-order valence-electron chi connectivity index (χ4n) is 2.46. The minimum atomic E-state index is -3.69. The summed E-state index contributed by atoms with van der Waals surface area (Å²) in [7, 11) is -2.28. The first-order chi connectivity index (χ1) is 10.3. The number of rotatable bonds is 5. The van der Waals surface area contributed by atoms with E-state index >= 15 is 0 Å². The smallest absolute Gasteiger partial charge is 0.279 e. The van der Waals surface area contributed by atoms with Crippen LogP contribution in [0, 0.1) is 11.7 Å². The zero-order valence-electron chi connectivity index (χ0n) is 13.1. The van der Waals surface area contributed by atoms with E-state index in [0.29, 0.717) is 0 Å². The van der Waals surface area contributed by atoms with Gasteiger partial charge < -0.3 is 5.32 Å². The molecule has 2 atom stereocenters. The second kappa shape index (κ2) is 8.60. The van der Waals surface area contributed by atoms with Gasteiger partial charge >= 0.3 is 0 Å². The van der Waals surface area contributed by atoms with E-state index in [-0.39, 0.29) is 41.5 Å². The molecular formula is C14H22Cl2FN3O2S. The maximum atomic E-state index is 13.8. The molecule has 0 amide bonds. The monoisotopic (exact) mass is 385 g/mol. The van der Waals surface area contributed by atoms with Crippen LogP contribution in [0.3, 0.4) is 0 Å². The van der Waals surface area contributed by atoms with Gasteiger partial charge in [-0.25, -0.2) is 4.39 Å². The van der Waals surface area contributed by atoms with Crippen LogP contribution >= 0.6 is 24.0 Å². The fourth-order valence-corrected chi connectivity index (χ4v) is 3.90. The number of nitrogens with one attached hydrogen (secondary N) is 2. The Balaban J connectivity index is 0.00000264. The third-order valence-corrected chi connectivity index (χ3v) is 5.84. The van der Waals surface area contributed by atoms with Crippen LogP contribution in [-0.2, 0) is 16.8 Å². The van der Waals surface area contributed by atoms with Crippen molar-refractivity contribution in [3.63, 3.8) is 0 Å². The van der Waals surface area contributed by atoms with Gasteiger partial charge in [0.25, 0.3) is 10.2 Å². The zero-order valence-corrected chi connectivity index (χ0v) is 15.4. The van der Waals surface area contributed by atoms with Crippen LogP contribution < -0.4 is 10.0 Å². The van der Waals surface area contributed by atoms with E-state index in [9.17, 15) is 12.8 Å². The second-order valence-corrected chi connectivity index (χ2v) is 7.87. The Bertz CT molecular complexity index is 610. The van der Waals surface area contributed by atoms with Crippen molar-refractivity contribution < 1.29 is 12.8 Å². The van der Waals surface area contributed by atoms with E-state index in [2.05, 4.69) is 10.0 Å². The number of hydrogen-bond donors (Lipinski definition) is 2. The van der Waals surface area contributed by atoms with E-state index < -0.39 is 16.0 Å². The van der Waals surface area contributed by atoms with Gasteiger partial charge in [0.15, 0.2) is 0 Å². The Hall–Kier alpha value is -0.440. The zero-order chi connectivity index (χ0) is 16.3. The van der Waals surface area contributed by atoms with E-state index in [4.69, 9.17) is 11.6 Å². The predicted octanol–water partition coefficient (Wildman–Crippen LogP) is 2.17. The van der Waals surface area contributed by atoms with Crippen LogP contribution in [0.1, 0.15) is 18.9 Å². The predicted molar refractivity (Wildman–Crippen MR) is 92.6 cm³/mol. The molecule has 1 aromatic rings. The van der Waals surface area contributed by atoms with Gasteiger partial charge in [-0.1, -0.05) is 24.6 Å². The lowest BCUT2D eigenvalue weighted by Gasteiger charge is -2.31. The molecule has 9 heteroatoms. The topological polar surface area (TPSA) is 61.4 Å². The lowest BCUT2D eigenvalue weighted by molar-refractivity contribution is 0.319. The Labute approximate surface area is 148 Å². The van der Waals surface area contributed by atoms with Crippen molar-refractivity contribution in [2.24, 2.45) is 5.92 Å². The first-order valence-corrected chi connectivity index (χ1v) is 9.00. The largest absolute Gasteiger partial charge is 0.316 e. The van der Waals surface area contributed by atoms with Gasteiger partial charge in [-0.05, 0) is 37.6 Å². The summed E-state index contributed by atoms with van der Waals surface area (Å²) in [5.41, 5.74) is 0.176. The standard InChI is InChI=1S/C14H21ClFN3O2S.ClH/c1-10-8-17-7-6-14(10)18-22(20,21)19(2)9-11-12(15)4-3-5-13(11)16;/h3-5,10,14,17-18H,6-9H2,1-2H3;1H. The summed E-state index contributed by atoms with van der Waals surface area (Å²) in [6, 6.07) is 4.18. The summed E-state index contributed by atoms with van der Waals surface area (Å²) < 4.78 is 42.4. The molecule has 132 valence electrons. The van der Waals surface area contributed by atoms with Crippen molar-refractivity contribution in [3.8, 4) is 0 Å². The maximum absolute atomic E-state index is 13.8. The Morgan fingerprint density at radius 2 is 2.17 bits per heavy atom. The first-order valence-electron chi connectivity index (χ1n) is 7.18. The van der Waals surface area contributed by atoms with Gasteiger partial charge in [-0.3, -0.25) is 0 Å². The van der Waals surface area contributed by atoms with Crippen molar-refractivity contribution in [1.82, 2.24) is 14.3 Å². The van der Waals surface area contributed by atoms with Crippen molar-refractivity contribution in [3.05, 3.63) is 34.6 Å². The SMILES string of the molecule is CC1CNCCC1NS(=O)(=O)N(C)Cc1c(F)cccc1Cl.Cl. The molecule has 1 heterocycles. The van der Waals surface area contributed by atoms with Crippen LogP contribution in [-0.4, -0.2) is 38.9 Å². The molecule has 2 unspecified atom stereocenters. The lowest BCUT2D eigenvalue weighted by Crippen LogP contribution is -2.51. The van der Waals surface area contributed by atoms with Gasteiger partial charge in [0.2, 0.25) is 0 Å². The van der Waals surface area contributed by atoms with Crippen molar-refractivity contribution in [1.29, 1.82) is 0 Å². The number of hydrogen-bond acceptors (Lipinski definition) is 3. The minimum Gasteiger partial charge on any atom is -0.316 e. The third kappa shape index (κ3) is 5.27. The van der Waals surface area contributed by atoms with Crippen LogP contribution in [0.15, 0.2) is 18.2 Å². The van der Waals surface area contributed by atoms with Crippen LogP contribution in [0.25, 0.3) is 0 Å². The Morgan fingerprint density at radius 3 is 2.78 bits per heavy atom. The van der Waals surface area contributed by atoms with E-state index in [1.807, 2.05) is 6.92 Å². The summed E-state index contributed by atoms with van der Waals surface area (Å²) >= 11 is 5.95. The molecule has 0 radical (unpaired) electrons. The number of nitrogens with zero attached hydrogens (tertiary/aromatic N) is 1. The molecule has 2 N–H and O–H groups in total. The molecule has 1 saturated heterocycles. The normalized spacial score (nSPS) is 22.0. The highest BCUT2D eigenvalue weighted by molar-refractivity contribution is 7.87. The van der Waals surface area contributed by atoms with Crippen molar-refractivity contribution in [2.75, 3.05) is 20.1 Å². The maximum Gasteiger partial charge on any atom is 0.279 e. The van der Waals surface area contributed by atoms with Gasteiger partial charge in [0.05, 0.1) is 0 Å². The van der Waals surface area contributed by atoms with Gasteiger partial charge in [-0.2, -0.15) is 17.4 Å². The average molecular weight is 386 g/mol. The third-order valence-electron chi connectivity index (χ3n) is 3.94. The molecule has 0 saturated carbocycles. The minimum absolute atomic E-state index is 0. The van der Waals surface area contributed by atoms with Gasteiger partial charge in [0.1, 0.15) is 5.82 Å². The molecule has 23 heavy (non-hydrogen) atoms. The quantitative estimate of drug-likeness (QED) is 0.816. The van der Waals surface area contributed by atoms with E-state index in [1.54, 1.807) is 6.07 Å². The molecule has 1 aliphatic rings. The molecule has 0 aliphatic carbocycles. The molecule has 1 aliphatic heterocycles. The van der Waals surface area contributed by atoms with Crippen molar-refractivity contribution >= 4 is 34.2 Å². The molecule has 5 nitrogen and oxygen atoms in total. The Morgan fingerprint density at radius 1 is 1.48 bits per heavy atom. The first kappa shape index (κ1) is 20.6. The summed E-state index contributed by atoms with van der Waals surface area (Å²) in [4.78, 5) is 0. The van der Waals surface area contributed by atoms with Gasteiger partial charge in [0, 0.05) is 30.2 Å². The number of benzene rings is 1. The van der Waals surface area contributed by atoms with Crippen molar-refractivity contribution in [2.45, 2.75) is 25.9 Å². The summed E-state index contributed by atoms with van der Waals surface area (Å²) in [6.45, 7) is 3.43. The fraction of sp³-hybridized carbons (Fsp3) is 0.571. The van der Waals surface area contributed by atoms with E-state index in [0.717, 1.165) is 23.8 Å².